The number of benzene rings is 1. The summed E-state index contributed by atoms with van der Waals surface area (Å²) >= 11 is 0. The first-order chi connectivity index (χ1) is 7.51. The average molecular weight is 226 g/mol. The van der Waals surface area contributed by atoms with Crippen LogP contribution in [0.1, 0.15) is 24.1 Å². The fourth-order valence-corrected chi connectivity index (χ4v) is 1.43. The highest BCUT2D eigenvalue weighted by Gasteiger charge is 2.21. The molecule has 0 aliphatic rings. The lowest BCUT2D eigenvalue weighted by Gasteiger charge is -2.12. The largest absolute Gasteiger partial charge is 0.502 e. The van der Waals surface area contributed by atoms with Gasteiger partial charge in [0.1, 0.15) is 0 Å². The number of nitrogens with zero attached hydrogens (tertiary/aromatic N) is 1. The molecule has 0 saturated carbocycles. The normalized spacial score (nSPS) is 12.4. The monoisotopic (exact) mass is 226 g/mol. The summed E-state index contributed by atoms with van der Waals surface area (Å²) in [5, 5.41) is 29.2. The van der Waals surface area contributed by atoms with E-state index in [-0.39, 0.29) is 17.9 Å². The van der Waals surface area contributed by atoms with Crippen LogP contribution in [0.15, 0.2) is 12.1 Å². The molecule has 0 fully saturated rings. The zero-order valence-electron chi connectivity index (χ0n) is 8.88. The summed E-state index contributed by atoms with van der Waals surface area (Å²) in [4.78, 5) is 10.0. The zero-order chi connectivity index (χ0) is 12.3. The van der Waals surface area contributed by atoms with E-state index in [1.54, 1.807) is 6.07 Å². The minimum absolute atomic E-state index is 0.202. The molecule has 0 saturated heterocycles. The van der Waals surface area contributed by atoms with Gasteiger partial charge in [0, 0.05) is 11.6 Å². The number of phenolic OH excluding ortho intramolecular Hbond substituents is 1. The van der Waals surface area contributed by atoms with E-state index in [2.05, 4.69) is 0 Å². The topological polar surface area (TPSA) is 110 Å². The van der Waals surface area contributed by atoms with Gasteiger partial charge in [-0.3, -0.25) is 10.1 Å². The fraction of sp³-hybridized carbons (Fsp3) is 0.400. The van der Waals surface area contributed by atoms with Crippen LogP contribution >= 0.6 is 0 Å². The molecule has 0 amide bonds. The number of hydrogen-bond donors (Lipinski definition) is 3. The molecule has 6 heteroatoms. The van der Waals surface area contributed by atoms with E-state index in [4.69, 9.17) is 10.8 Å². The first-order valence-corrected chi connectivity index (χ1v) is 4.87. The molecule has 4 N–H and O–H groups in total. The van der Waals surface area contributed by atoms with Crippen LogP contribution in [0.3, 0.4) is 0 Å². The Labute approximate surface area is 92.5 Å². The molecule has 0 aromatic heterocycles. The molecule has 0 unspecified atom stereocenters. The smallest absolute Gasteiger partial charge is 0.311 e. The number of hydrogen-bond acceptors (Lipinski definition) is 5. The number of nitro benzene ring substituents is 1. The number of aromatic hydroxyl groups is 1. The van der Waals surface area contributed by atoms with Crippen molar-refractivity contribution < 1.29 is 15.1 Å². The Balaban J connectivity index is 3.37. The molecule has 6 nitrogen and oxygen atoms in total. The maximum absolute atomic E-state index is 10.7. The Bertz CT molecular complexity index is 406. The highest BCUT2D eigenvalue weighted by molar-refractivity contribution is 5.54. The number of nitro groups is 1. The van der Waals surface area contributed by atoms with Gasteiger partial charge in [0.05, 0.1) is 17.6 Å². The van der Waals surface area contributed by atoms with E-state index in [1.165, 1.54) is 6.07 Å². The predicted octanol–water partition coefficient (Wildman–Crippen LogP) is 0.855. The van der Waals surface area contributed by atoms with Gasteiger partial charge in [-0.2, -0.15) is 0 Å². The van der Waals surface area contributed by atoms with Gasteiger partial charge in [-0.25, -0.2) is 0 Å². The molecule has 0 heterocycles. The fourth-order valence-electron chi connectivity index (χ4n) is 1.43. The minimum Gasteiger partial charge on any atom is -0.502 e. The zero-order valence-corrected chi connectivity index (χ0v) is 8.88. The van der Waals surface area contributed by atoms with Crippen LogP contribution in [0.2, 0.25) is 0 Å². The first kappa shape index (κ1) is 12.4. The van der Waals surface area contributed by atoms with Crippen LogP contribution in [-0.2, 0) is 6.42 Å². The number of aryl methyl sites for hydroxylation is 1. The Morgan fingerprint density at radius 3 is 2.62 bits per heavy atom. The Morgan fingerprint density at radius 2 is 2.19 bits per heavy atom. The van der Waals surface area contributed by atoms with E-state index < -0.39 is 16.7 Å². The van der Waals surface area contributed by atoms with Gasteiger partial charge in [0.25, 0.3) is 0 Å². The van der Waals surface area contributed by atoms with Crippen LogP contribution in [0, 0.1) is 10.1 Å². The maximum Gasteiger partial charge on any atom is 0.311 e. The third-order valence-electron chi connectivity index (χ3n) is 2.38. The second kappa shape index (κ2) is 4.91. The van der Waals surface area contributed by atoms with Crippen molar-refractivity contribution in [2.75, 3.05) is 6.61 Å². The molecule has 0 spiro atoms. The van der Waals surface area contributed by atoms with Gasteiger partial charge < -0.3 is 15.9 Å². The number of nitrogens with two attached hydrogens (primary N) is 1. The van der Waals surface area contributed by atoms with E-state index in [1.807, 2.05) is 6.92 Å². The molecular formula is C10H14N2O4. The lowest BCUT2D eigenvalue weighted by atomic mass is 10.0. The van der Waals surface area contributed by atoms with E-state index >= 15 is 0 Å². The van der Waals surface area contributed by atoms with Gasteiger partial charge in [-0.1, -0.05) is 6.92 Å². The summed E-state index contributed by atoms with van der Waals surface area (Å²) in [7, 11) is 0. The minimum atomic E-state index is -0.815. The van der Waals surface area contributed by atoms with Crippen LogP contribution < -0.4 is 5.73 Å². The van der Waals surface area contributed by atoms with Crippen molar-refractivity contribution in [1.29, 1.82) is 0 Å². The standard InChI is InChI=1S/C10H14N2O4/c1-2-6-3-7(8(11)5-13)10(14)9(4-6)12(15)16/h3-4,8,13-14H,2,5,11H2,1H3/t8-/m0/s1. The summed E-state index contributed by atoms with van der Waals surface area (Å²) in [6, 6.07) is 2.07. The molecule has 1 rings (SSSR count). The van der Waals surface area contributed by atoms with Crippen molar-refractivity contribution >= 4 is 5.69 Å². The summed E-state index contributed by atoms with van der Waals surface area (Å²) in [5.74, 6) is -0.469. The SMILES string of the molecule is CCc1cc([C@@H](N)CO)c(O)c([N+](=O)[O-])c1. The molecule has 0 bridgehead atoms. The third-order valence-corrected chi connectivity index (χ3v) is 2.38. The van der Waals surface area contributed by atoms with E-state index in [9.17, 15) is 15.2 Å². The lowest BCUT2D eigenvalue weighted by Crippen LogP contribution is -2.15. The highest BCUT2D eigenvalue weighted by atomic mass is 16.6. The molecular weight excluding hydrogens is 212 g/mol. The first-order valence-electron chi connectivity index (χ1n) is 4.87. The average Bonchev–Trinajstić information content (AvgIpc) is 2.28. The summed E-state index contributed by atoms with van der Waals surface area (Å²) in [5.41, 5.74) is 6.08. The molecule has 0 aliphatic heterocycles. The molecule has 1 aromatic rings. The van der Waals surface area contributed by atoms with E-state index in [0.29, 0.717) is 12.0 Å². The molecule has 1 aromatic carbocycles. The van der Waals surface area contributed by atoms with Crippen molar-refractivity contribution in [3.05, 3.63) is 33.4 Å². The second-order valence-corrected chi connectivity index (χ2v) is 3.45. The van der Waals surface area contributed by atoms with Gasteiger partial charge in [-0.05, 0) is 18.1 Å². The summed E-state index contributed by atoms with van der Waals surface area (Å²) in [6.07, 6.45) is 0.590. The van der Waals surface area contributed by atoms with Gasteiger partial charge in [-0.15, -0.1) is 0 Å². The second-order valence-electron chi connectivity index (χ2n) is 3.45. The van der Waals surface area contributed by atoms with Crippen molar-refractivity contribution in [1.82, 2.24) is 0 Å². The molecule has 16 heavy (non-hydrogen) atoms. The van der Waals surface area contributed by atoms with Crippen LogP contribution in [0.25, 0.3) is 0 Å². The number of rotatable bonds is 4. The predicted molar refractivity (Wildman–Crippen MR) is 58.2 cm³/mol. The number of phenols is 1. The molecule has 88 valence electrons. The Morgan fingerprint density at radius 1 is 1.56 bits per heavy atom. The maximum atomic E-state index is 10.7. The van der Waals surface area contributed by atoms with Gasteiger partial charge in [0.15, 0.2) is 5.75 Å². The number of aliphatic hydroxyl groups excluding tert-OH is 1. The molecule has 0 aliphatic carbocycles. The van der Waals surface area contributed by atoms with Gasteiger partial charge in [0.2, 0.25) is 0 Å². The van der Waals surface area contributed by atoms with Crippen LogP contribution in [-0.4, -0.2) is 21.7 Å². The summed E-state index contributed by atoms with van der Waals surface area (Å²) < 4.78 is 0. The van der Waals surface area contributed by atoms with Crippen molar-refractivity contribution in [2.24, 2.45) is 5.73 Å². The third kappa shape index (κ3) is 2.29. The number of aliphatic hydroxyl groups is 1. The Kier molecular flexibility index (Phi) is 3.81. The van der Waals surface area contributed by atoms with Crippen molar-refractivity contribution in [2.45, 2.75) is 19.4 Å². The van der Waals surface area contributed by atoms with Crippen LogP contribution in [0.5, 0.6) is 5.75 Å². The van der Waals surface area contributed by atoms with Gasteiger partial charge >= 0.3 is 5.69 Å². The van der Waals surface area contributed by atoms with Crippen LogP contribution in [0.4, 0.5) is 5.69 Å². The Hall–Kier alpha value is -1.66. The molecule has 0 radical (unpaired) electrons. The van der Waals surface area contributed by atoms with Crippen molar-refractivity contribution in [3.63, 3.8) is 0 Å². The lowest BCUT2D eigenvalue weighted by molar-refractivity contribution is -0.386. The van der Waals surface area contributed by atoms with Crippen molar-refractivity contribution in [3.8, 4) is 5.75 Å². The quantitative estimate of drug-likeness (QED) is 0.521. The molecule has 1 atom stereocenters. The van der Waals surface area contributed by atoms with E-state index in [0.717, 1.165) is 0 Å². The highest BCUT2D eigenvalue weighted by Crippen LogP contribution is 2.34. The summed E-state index contributed by atoms with van der Waals surface area (Å²) in [6.45, 7) is 1.46.